The molecule has 0 nitrogen and oxygen atoms in total. The lowest BCUT2D eigenvalue weighted by Gasteiger charge is -2.34. The summed E-state index contributed by atoms with van der Waals surface area (Å²) in [5.74, 6) is 0. The first-order chi connectivity index (χ1) is 14.1. The van der Waals surface area contributed by atoms with Crippen LogP contribution in [0, 0.1) is 6.92 Å². The molecule has 0 saturated carbocycles. The quantitative estimate of drug-likeness (QED) is 0.322. The molecule has 1 atom stereocenters. The first kappa shape index (κ1) is 19.4. The lowest BCUT2D eigenvalue weighted by atomic mass is 9.99. The van der Waals surface area contributed by atoms with Crippen LogP contribution in [0.2, 0.25) is 13.1 Å². The smallest absolute Gasteiger partial charge is 0.0647 e. The highest BCUT2D eigenvalue weighted by Gasteiger charge is 2.35. The summed E-state index contributed by atoms with van der Waals surface area (Å²) in [4.78, 5) is 0. The van der Waals surface area contributed by atoms with Gasteiger partial charge in [0, 0.05) is 5.54 Å². The molecule has 0 spiro atoms. The van der Waals surface area contributed by atoms with Crippen LogP contribution in [0.25, 0.3) is 11.1 Å². The van der Waals surface area contributed by atoms with Gasteiger partial charge in [-0.1, -0.05) is 133 Å². The minimum atomic E-state index is -1.80. The van der Waals surface area contributed by atoms with Gasteiger partial charge in [-0.2, -0.15) is 0 Å². The van der Waals surface area contributed by atoms with Crippen molar-refractivity contribution in [3.05, 3.63) is 126 Å². The third-order valence-corrected chi connectivity index (χ3v) is 9.93. The van der Waals surface area contributed by atoms with Crippen LogP contribution in [0.5, 0.6) is 0 Å². The van der Waals surface area contributed by atoms with E-state index in [0.717, 1.165) is 0 Å². The van der Waals surface area contributed by atoms with Crippen LogP contribution >= 0.6 is 0 Å². The minimum Gasteiger partial charge on any atom is -0.0647 e. The molecule has 4 aromatic rings. The third-order valence-electron chi connectivity index (χ3n) is 6.00. The Morgan fingerprint density at radius 1 is 0.517 bits per heavy atom. The van der Waals surface area contributed by atoms with Gasteiger partial charge >= 0.3 is 0 Å². The summed E-state index contributed by atoms with van der Waals surface area (Å²) >= 11 is 0. The fraction of sp³-hybridized carbons (Fsp3) is 0.143. The van der Waals surface area contributed by atoms with E-state index in [1.165, 1.54) is 33.0 Å². The lowest BCUT2D eigenvalue weighted by Crippen LogP contribution is -2.48. The van der Waals surface area contributed by atoms with E-state index in [1.807, 2.05) is 0 Å². The van der Waals surface area contributed by atoms with Crippen LogP contribution in [0.4, 0.5) is 0 Å². The largest absolute Gasteiger partial charge is 0.0927 e. The molecule has 144 valence electrons. The highest BCUT2D eigenvalue weighted by Crippen LogP contribution is 2.35. The van der Waals surface area contributed by atoms with Crippen LogP contribution in [0.15, 0.2) is 109 Å². The fourth-order valence-corrected chi connectivity index (χ4v) is 7.75. The molecule has 4 aromatic carbocycles. The Kier molecular flexibility index (Phi) is 5.51. The van der Waals surface area contributed by atoms with E-state index < -0.39 is 8.07 Å². The standard InChI is InChI=1S/C28H28Si/c1-22-14-16-25(17-15-22)28(29(2,3)27-12-8-5-9-13-27)26-20-18-24(19-21-26)23-10-6-4-7-11-23/h4-21,28H,1-3H3/t28-/m1/s1. The predicted molar refractivity (Wildman–Crippen MR) is 128 cm³/mol. The number of rotatable bonds is 5. The van der Waals surface area contributed by atoms with E-state index in [1.54, 1.807) is 0 Å². The highest BCUT2D eigenvalue weighted by atomic mass is 28.3. The Hall–Kier alpha value is -2.90. The van der Waals surface area contributed by atoms with E-state index in [2.05, 4.69) is 129 Å². The molecule has 0 radical (unpaired) electrons. The minimum absolute atomic E-state index is 0.412. The normalized spacial score (nSPS) is 12.5. The first-order valence-corrected chi connectivity index (χ1v) is 13.4. The topological polar surface area (TPSA) is 0 Å². The summed E-state index contributed by atoms with van der Waals surface area (Å²) in [6.07, 6.45) is 0. The Balaban J connectivity index is 1.79. The van der Waals surface area contributed by atoms with Crippen LogP contribution in [0.3, 0.4) is 0 Å². The second-order valence-electron chi connectivity index (χ2n) is 8.42. The van der Waals surface area contributed by atoms with Crippen molar-refractivity contribution in [1.29, 1.82) is 0 Å². The van der Waals surface area contributed by atoms with Crippen molar-refractivity contribution in [3.8, 4) is 11.1 Å². The van der Waals surface area contributed by atoms with E-state index in [-0.39, 0.29) is 0 Å². The fourth-order valence-electron chi connectivity index (χ4n) is 4.32. The molecule has 0 heterocycles. The average Bonchev–Trinajstić information content (AvgIpc) is 2.77. The first-order valence-electron chi connectivity index (χ1n) is 10.3. The lowest BCUT2D eigenvalue weighted by molar-refractivity contribution is 1.08. The van der Waals surface area contributed by atoms with Crippen LogP contribution < -0.4 is 5.19 Å². The molecule has 0 amide bonds. The summed E-state index contributed by atoms with van der Waals surface area (Å²) in [5.41, 5.74) is 7.10. The molecular weight excluding hydrogens is 364 g/mol. The molecule has 0 saturated heterocycles. The van der Waals surface area contributed by atoms with Gasteiger partial charge < -0.3 is 0 Å². The maximum atomic E-state index is 2.50. The van der Waals surface area contributed by atoms with Gasteiger partial charge in [0.1, 0.15) is 0 Å². The van der Waals surface area contributed by atoms with Crippen LogP contribution in [-0.4, -0.2) is 8.07 Å². The third kappa shape index (κ3) is 4.11. The summed E-state index contributed by atoms with van der Waals surface area (Å²) in [7, 11) is -1.80. The van der Waals surface area contributed by atoms with Crippen molar-refractivity contribution < 1.29 is 0 Å². The second kappa shape index (κ2) is 8.22. The summed E-state index contributed by atoms with van der Waals surface area (Å²) < 4.78 is 0. The van der Waals surface area contributed by atoms with Crippen molar-refractivity contribution in [2.45, 2.75) is 25.6 Å². The monoisotopic (exact) mass is 392 g/mol. The average molecular weight is 393 g/mol. The summed E-state index contributed by atoms with van der Waals surface area (Å²) in [6.45, 7) is 7.16. The summed E-state index contributed by atoms with van der Waals surface area (Å²) in [6, 6.07) is 40.1. The zero-order valence-electron chi connectivity index (χ0n) is 17.5. The van der Waals surface area contributed by atoms with Gasteiger partial charge in [0.25, 0.3) is 0 Å². The van der Waals surface area contributed by atoms with Gasteiger partial charge in [0.2, 0.25) is 0 Å². The molecule has 0 unspecified atom stereocenters. The Morgan fingerprint density at radius 3 is 1.52 bits per heavy atom. The zero-order valence-corrected chi connectivity index (χ0v) is 18.5. The van der Waals surface area contributed by atoms with E-state index in [4.69, 9.17) is 0 Å². The molecule has 0 fully saturated rings. The van der Waals surface area contributed by atoms with Gasteiger partial charge in [-0.25, -0.2) is 0 Å². The molecule has 0 aliphatic heterocycles. The van der Waals surface area contributed by atoms with Crippen molar-refractivity contribution in [2.24, 2.45) is 0 Å². The van der Waals surface area contributed by atoms with Crippen LogP contribution in [-0.2, 0) is 0 Å². The maximum Gasteiger partial charge on any atom is 0.0927 e. The Bertz CT molecular complexity index is 1050. The molecular formula is C28H28Si. The van der Waals surface area contributed by atoms with Gasteiger partial charge in [-0.15, -0.1) is 0 Å². The molecule has 0 aliphatic carbocycles. The van der Waals surface area contributed by atoms with Crippen molar-refractivity contribution in [1.82, 2.24) is 0 Å². The molecule has 1 heteroatoms. The summed E-state index contributed by atoms with van der Waals surface area (Å²) in [5, 5.41) is 1.50. The molecule has 0 bridgehead atoms. The van der Waals surface area contributed by atoms with Crippen LogP contribution in [0.1, 0.15) is 22.2 Å². The molecule has 4 rings (SSSR count). The molecule has 0 N–H and O–H groups in total. The molecule has 29 heavy (non-hydrogen) atoms. The van der Waals surface area contributed by atoms with Crippen molar-refractivity contribution >= 4 is 13.3 Å². The predicted octanol–water partition coefficient (Wildman–Crippen LogP) is 6.95. The number of aryl methyl sites for hydroxylation is 1. The van der Waals surface area contributed by atoms with Crippen molar-refractivity contribution in [3.63, 3.8) is 0 Å². The van der Waals surface area contributed by atoms with Gasteiger partial charge in [-0.3, -0.25) is 0 Å². The van der Waals surface area contributed by atoms with E-state index in [0.29, 0.717) is 5.54 Å². The maximum absolute atomic E-state index is 2.50. The van der Waals surface area contributed by atoms with E-state index in [9.17, 15) is 0 Å². The Morgan fingerprint density at radius 2 is 0.966 bits per heavy atom. The molecule has 0 aliphatic rings. The highest BCUT2D eigenvalue weighted by molar-refractivity contribution is 6.91. The Labute approximate surface area is 175 Å². The van der Waals surface area contributed by atoms with Gasteiger partial charge in [0.15, 0.2) is 0 Å². The van der Waals surface area contributed by atoms with Gasteiger partial charge in [0.05, 0.1) is 8.07 Å². The van der Waals surface area contributed by atoms with Gasteiger partial charge in [-0.05, 0) is 29.2 Å². The SMILES string of the molecule is Cc1ccc([C@H](c2ccc(-c3ccccc3)cc2)[Si](C)(C)c2ccccc2)cc1. The number of benzene rings is 4. The second-order valence-corrected chi connectivity index (χ2v) is 13.0. The number of hydrogen-bond donors (Lipinski definition) is 0. The molecule has 0 aromatic heterocycles. The number of hydrogen-bond acceptors (Lipinski definition) is 0. The van der Waals surface area contributed by atoms with E-state index >= 15 is 0 Å². The van der Waals surface area contributed by atoms with Crippen molar-refractivity contribution in [2.75, 3.05) is 0 Å². The zero-order chi connectivity index (χ0) is 20.3.